The van der Waals surface area contributed by atoms with Crippen LogP contribution in [0.1, 0.15) is 20.3 Å². The number of rotatable bonds is 6. The maximum atomic E-state index is 11.8. The Kier molecular flexibility index (Phi) is 6.14. The van der Waals surface area contributed by atoms with Crippen molar-refractivity contribution < 1.29 is 9.59 Å². The molecule has 22 heavy (non-hydrogen) atoms. The van der Waals surface area contributed by atoms with Gasteiger partial charge in [0.25, 0.3) is 0 Å². The Morgan fingerprint density at radius 1 is 1.36 bits per heavy atom. The third kappa shape index (κ3) is 4.96. The highest BCUT2D eigenvalue weighted by molar-refractivity contribution is 8.00. The number of thioether (sulfide) groups is 1. The molecule has 0 atom stereocenters. The lowest BCUT2D eigenvalue weighted by atomic mass is 10.1. The van der Waals surface area contributed by atoms with Crippen LogP contribution in [0.3, 0.4) is 0 Å². The standard InChI is InChI=1S/C14H18N4O2S2/c1-9(2)3-5-15-14(20)18-11(19)7-22-13-10-4-6-21-12(10)16-8-17-13/h4,6,8-9H,3,5,7H2,1-2H3,(H2,15,18,19,20). The number of hydrogen-bond acceptors (Lipinski definition) is 6. The topological polar surface area (TPSA) is 84.0 Å². The fourth-order valence-electron chi connectivity index (χ4n) is 1.70. The largest absolute Gasteiger partial charge is 0.338 e. The number of nitrogens with one attached hydrogen (secondary N) is 2. The first kappa shape index (κ1) is 16.7. The van der Waals surface area contributed by atoms with E-state index in [1.54, 1.807) is 0 Å². The minimum atomic E-state index is -0.449. The van der Waals surface area contributed by atoms with Gasteiger partial charge in [0.2, 0.25) is 5.91 Å². The first-order valence-corrected chi connectivity index (χ1v) is 8.81. The number of aromatic nitrogens is 2. The number of thiophene rings is 1. The minimum Gasteiger partial charge on any atom is -0.338 e. The molecule has 8 heteroatoms. The van der Waals surface area contributed by atoms with Gasteiger partial charge < -0.3 is 5.32 Å². The lowest BCUT2D eigenvalue weighted by molar-refractivity contribution is -0.117. The number of nitrogens with zero attached hydrogens (tertiary/aromatic N) is 2. The Bertz CT molecular complexity index is 657. The number of fused-ring (bicyclic) bond motifs is 1. The summed E-state index contributed by atoms with van der Waals surface area (Å²) in [6, 6.07) is 1.48. The Hall–Kier alpha value is -1.67. The van der Waals surface area contributed by atoms with Crippen LogP contribution in [0.5, 0.6) is 0 Å². The molecule has 3 amide bonds. The molecule has 0 saturated carbocycles. The van der Waals surface area contributed by atoms with Crippen LogP contribution in [0.25, 0.3) is 10.2 Å². The molecule has 0 bridgehead atoms. The smallest absolute Gasteiger partial charge is 0.321 e. The van der Waals surface area contributed by atoms with E-state index >= 15 is 0 Å². The van der Waals surface area contributed by atoms with E-state index in [4.69, 9.17) is 0 Å². The predicted octanol–water partition coefficient (Wildman–Crippen LogP) is 2.66. The number of carbonyl (C=O) groups is 2. The van der Waals surface area contributed by atoms with Gasteiger partial charge in [-0.15, -0.1) is 11.3 Å². The molecular formula is C14H18N4O2S2. The molecule has 2 heterocycles. The molecular weight excluding hydrogens is 320 g/mol. The molecule has 0 aliphatic heterocycles. The Labute approximate surface area is 137 Å². The summed E-state index contributed by atoms with van der Waals surface area (Å²) in [5, 5.41) is 8.60. The maximum absolute atomic E-state index is 11.8. The van der Waals surface area contributed by atoms with Crippen molar-refractivity contribution in [2.45, 2.75) is 25.3 Å². The molecule has 0 aromatic carbocycles. The molecule has 0 aliphatic rings. The number of amides is 3. The van der Waals surface area contributed by atoms with Gasteiger partial charge >= 0.3 is 6.03 Å². The zero-order valence-electron chi connectivity index (χ0n) is 12.5. The highest BCUT2D eigenvalue weighted by Crippen LogP contribution is 2.27. The predicted molar refractivity (Wildman–Crippen MR) is 89.1 cm³/mol. The summed E-state index contributed by atoms with van der Waals surface area (Å²) >= 11 is 2.83. The van der Waals surface area contributed by atoms with Crippen molar-refractivity contribution in [3.8, 4) is 0 Å². The van der Waals surface area contributed by atoms with Crippen LogP contribution in [-0.2, 0) is 4.79 Å². The van der Waals surface area contributed by atoms with Gasteiger partial charge in [-0.2, -0.15) is 0 Å². The average molecular weight is 338 g/mol. The van der Waals surface area contributed by atoms with Crippen LogP contribution >= 0.6 is 23.1 Å². The zero-order valence-corrected chi connectivity index (χ0v) is 14.1. The van der Waals surface area contributed by atoms with Gasteiger partial charge in [-0.1, -0.05) is 25.6 Å². The van der Waals surface area contributed by atoms with Crippen molar-refractivity contribution >= 4 is 45.3 Å². The van der Waals surface area contributed by atoms with Crippen LogP contribution in [0.15, 0.2) is 22.8 Å². The second-order valence-corrected chi connectivity index (χ2v) is 6.95. The molecule has 0 radical (unpaired) electrons. The van der Waals surface area contributed by atoms with Crippen LogP contribution in [0.4, 0.5) is 4.79 Å². The number of imide groups is 1. The first-order valence-electron chi connectivity index (χ1n) is 6.95. The summed E-state index contributed by atoms with van der Waals surface area (Å²) < 4.78 is 0. The highest BCUT2D eigenvalue weighted by Gasteiger charge is 2.11. The van der Waals surface area contributed by atoms with E-state index in [-0.39, 0.29) is 11.7 Å². The van der Waals surface area contributed by atoms with Gasteiger partial charge in [0.1, 0.15) is 16.2 Å². The fourth-order valence-corrected chi connectivity index (χ4v) is 3.28. The molecule has 2 aromatic rings. The second-order valence-electron chi connectivity index (χ2n) is 5.09. The number of urea groups is 1. The zero-order chi connectivity index (χ0) is 15.9. The molecule has 0 saturated heterocycles. The van der Waals surface area contributed by atoms with E-state index in [2.05, 4.69) is 34.4 Å². The molecule has 2 N–H and O–H groups in total. The SMILES string of the molecule is CC(C)CCNC(=O)NC(=O)CSc1ncnc2sccc12. The maximum Gasteiger partial charge on any atom is 0.321 e. The van der Waals surface area contributed by atoms with Crippen LogP contribution < -0.4 is 10.6 Å². The Morgan fingerprint density at radius 3 is 2.95 bits per heavy atom. The summed E-state index contributed by atoms with van der Waals surface area (Å²) in [7, 11) is 0. The van der Waals surface area contributed by atoms with Gasteiger partial charge in [0.05, 0.1) is 5.75 Å². The van der Waals surface area contributed by atoms with Gasteiger partial charge in [-0.3, -0.25) is 10.1 Å². The number of carbonyl (C=O) groups excluding carboxylic acids is 2. The highest BCUT2D eigenvalue weighted by atomic mass is 32.2. The molecule has 0 fully saturated rings. The Morgan fingerprint density at radius 2 is 2.18 bits per heavy atom. The van der Waals surface area contributed by atoms with Crippen molar-refractivity contribution in [2.24, 2.45) is 5.92 Å². The van der Waals surface area contributed by atoms with Crippen molar-refractivity contribution in [3.05, 3.63) is 17.8 Å². The minimum absolute atomic E-state index is 0.138. The van der Waals surface area contributed by atoms with Gasteiger partial charge in [-0.25, -0.2) is 14.8 Å². The van der Waals surface area contributed by atoms with E-state index in [9.17, 15) is 9.59 Å². The average Bonchev–Trinajstić information content (AvgIpc) is 2.93. The number of hydrogen-bond donors (Lipinski definition) is 2. The van der Waals surface area contributed by atoms with E-state index in [1.807, 2.05) is 11.4 Å². The van der Waals surface area contributed by atoms with E-state index in [0.29, 0.717) is 12.5 Å². The quantitative estimate of drug-likeness (QED) is 0.625. The van der Waals surface area contributed by atoms with Crippen LogP contribution in [0.2, 0.25) is 0 Å². The van der Waals surface area contributed by atoms with Crippen molar-refractivity contribution in [1.82, 2.24) is 20.6 Å². The van der Waals surface area contributed by atoms with Crippen molar-refractivity contribution in [1.29, 1.82) is 0 Å². The first-order chi connectivity index (χ1) is 10.6. The van der Waals surface area contributed by atoms with E-state index in [0.717, 1.165) is 21.7 Å². The van der Waals surface area contributed by atoms with E-state index < -0.39 is 6.03 Å². The fraction of sp³-hybridized carbons (Fsp3) is 0.429. The molecule has 118 valence electrons. The molecule has 0 spiro atoms. The molecule has 2 rings (SSSR count). The monoisotopic (exact) mass is 338 g/mol. The second kappa shape index (κ2) is 8.09. The van der Waals surface area contributed by atoms with Gasteiger partial charge in [0.15, 0.2) is 0 Å². The van der Waals surface area contributed by atoms with Crippen molar-refractivity contribution in [3.63, 3.8) is 0 Å². The summed E-state index contributed by atoms with van der Waals surface area (Å²) in [5.41, 5.74) is 0. The molecule has 6 nitrogen and oxygen atoms in total. The normalized spacial score (nSPS) is 10.9. The third-order valence-corrected chi connectivity index (χ3v) is 4.65. The summed E-state index contributed by atoms with van der Waals surface area (Å²) in [4.78, 5) is 32.5. The molecule has 0 aliphatic carbocycles. The molecule has 0 unspecified atom stereocenters. The third-order valence-electron chi connectivity index (χ3n) is 2.83. The lowest BCUT2D eigenvalue weighted by Gasteiger charge is -2.08. The summed E-state index contributed by atoms with van der Waals surface area (Å²) in [5.74, 6) is 0.311. The lowest BCUT2D eigenvalue weighted by Crippen LogP contribution is -2.40. The summed E-state index contributed by atoms with van der Waals surface area (Å²) in [6.07, 6.45) is 2.37. The van der Waals surface area contributed by atoms with E-state index in [1.165, 1.54) is 29.4 Å². The van der Waals surface area contributed by atoms with Gasteiger partial charge in [0, 0.05) is 11.9 Å². The van der Waals surface area contributed by atoms with Crippen LogP contribution in [-0.4, -0.2) is 34.2 Å². The summed E-state index contributed by atoms with van der Waals surface area (Å²) in [6.45, 7) is 4.72. The van der Waals surface area contributed by atoms with Gasteiger partial charge in [-0.05, 0) is 23.8 Å². The Balaban J connectivity index is 1.78. The molecule has 2 aromatic heterocycles. The van der Waals surface area contributed by atoms with Crippen molar-refractivity contribution in [2.75, 3.05) is 12.3 Å². The van der Waals surface area contributed by atoms with Crippen LogP contribution in [0, 0.1) is 5.92 Å².